The number of hydrogen-bond acceptors (Lipinski definition) is 4. The molecule has 0 aliphatic carbocycles. The molecule has 0 radical (unpaired) electrons. The Hall–Kier alpha value is -2.21. The first-order chi connectivity index (χ1) is 9.92. The van der Waals surface area contributed by atoms with Crippen molar-refractivity contribution in [2.75, 3.05) is 7.11 Å². The molecule has 0 saturated heterocycles. The minimum atomic E-state index is -1.09. The van der Waals surface area contributed by atoms with Gasteiger partial charge in [0.1, 0.15) is 5.69 Å². The smallest absolute Gasteiger partial charge is 0.353 e. The molecule has 0 spiro atoms. The zero-order valence-corrected chi connectivity index (χ0v) is 12.6. The van der Waals surface area contributed by atoms with E-state index in [1.54, 1.807) is 12.1 Å². The van der Waals surface area contributed by atoms with Crippen molar-refractivity contribution in [1.82, 2.24) is 10.2 Å². The van der Waals surface area contributed by atoms with Crippen LogP contribution in [0.15, 0.2) is 18.2 Å². The fourth-order valence-corrected chi connectivity index (χ4v) is 2.05. The molecule has 1 aromatic carbocycles. The molecule has 0 unspecified atom stereocenters. The Morgan fingerprint density at radius 2 is 2.10 bits per heavy atom. The van der Waals surface area contributed by atoms with Crippen LogP contribution in [0.25, 0.3) is 11.3 Å². The van der Waals surface area contributed by atoms with E-state index in [4.69, 9.17) is 26.2 Å². The van der Waals surface area contributed by atoms with Crippen LogP contribution in [0.3, 0.4) is 0 Å². The Bertz CT molecular complexity index is 667. The van der Waals surface area contributed by atoms with Gasteiger partial charge in [-0.2, -0.15) is 5.10 Å². The monoisotopic (exact) mass is 310 g/mol. The van der Waals surface area contributed by atoms with Crippen LogP contribution in [0.4, 0.5) is 0 Å². The van der Waals surface area contributed by atoms with Gasteiger partial charge in [-0.25, -0.2) is 4.79 Å². The number of carbonyl (C=O) groups is 1. The number of ether oxygens (including phenoxy) is 2. The second-order valence-corrected chi connectivity index (χ2v) is 5.06. The van der Waals surface area contributed by atoms with E-state index in [0.717, 1.165) is 0 Å². The maximum Gasteiger partial charge on any atom is 0.353 e. The number of nitrogens with one attached hydrogen (secondary N) is 1. The number of aromatic nitrogens is 2. The number of halogens is 1. The molecule has 112 valence electrons. The number of methoxy groups -OCH3 is 1. The van der Waals surface area contributed by atoms with Gasteiger partial charge in [-0.3, -0.25) is 5.10 Å². The largest absolute Gasteiger partial charge is 0.493 e. The van der Waals surface area contributed by atoms with E-state index < -0.39 is 5.97 Å². The standard InChI is InChI=1S/C14H15ClN2O4/c1-7(2)21-13-9(4-8(15)5-12(13)20-3)10-6-11(14(18)19)17-16-10/h4-7H,1-3H3,(H,16,17)(H,18,19). The Balaban J connectivity index is 2.58. The number of aromatic amines is 1. The first kappa shape index (κ1) is 15.2. The molecule has 0 aliphatic rings. The number of carboxylic acids is 1. The highest BCUT2D eigenvalue weighted by atomic mass is 35.5. The Labute approximate surface area is 126 Å². The van der Waals surface area contributed by atoms with Gasteiger partial charge in [-0.05, 0) is 26.0 Å². The van der Waals surface area contributed by atoms with Crippen LogP contribution in [-0.4, -0.2) is 34.5 Å². The third-order valence-corrected chi connectivity index (χ3v) is 2.90. The summed E-state index contributed by atoms with van der Waals surface area (Å²) < 4.78 is 11.0. The number of hydrogen-bond donors (Lipinski definition) is 2. The lowest BCUT2D eigenvalue weighted by atomic mass is 10.1. The molecule has 2 N–H and O–H groups in total. The summed E-state index contributed by atoms with van der Waals surface area (Å²) in [6.45, 7) is 3.76. The van der Waals surface area contributed by atoms with E-state index in [9.17, 15) is 4.79 Å². The van der Waals surface area contributed by atoms with Crippen molar-refractivity contribution >= 4 is 17.6 Å². The zero-order valence-electron chi connectivity index (χ0n) is 11.8. The van der Waals surface area contributed by atoms with E-state index in [0.29, 0.717) is 27.8 Å². The highest BCUT2D eigenvalue weighted by Crippen LogP contribution is 2.40. The van der Waals surface area contributed by atoms with Crippen molar-refractivity contribution in [2.24, 2.45) is 0 Å². The van der Waals surface area contributed by atoms with Crippen molar-refractivity contribution in [2.45, 2.75) is 20.0 Å². The highest BCUT2D eigenvalue weighted by molar-refractivity contribution is 6.31. The highest BCUT2D eigenvalue weighted by Gasteiger charge is 2.19. The van der Waals surface area contributed by atoms with Gasteiger partial charge in [0.2, 0.25) is 0 Å². The number of aromatic carboxylic acids is 1. The van der Waals surface area contributed by atoms with Crippen LogP contribution in [0.1, 0.15) is 24.3 Å². The van der Waals surface area contributed by atoms with Crippen LogP contribution in [0.5, 0.6) is 11.5 Å². The average molecular weight is 311 g/mol. The number of carboxylic acid groups (broad SMARTS) is 1. The predicted molar refractivity (Wildman–Crippen MR) is 78.3 cm³/mol. The van der Waals surface area contributed by atoms with E-state index >= 15 is 0 Å². The molecule has 0 fully saturated rings. The summed E-state index contributed by atoms with van der Waals surface area (Å²) in [5.74, 6) is -0.152. The lowest BCUT2D eigenvalue weighted by molar-refractivity contribution is 0.0690. The van der Waals surface area contributed by atoms with Crippen molar-refractivity contribution in [3.63, 3.8) is 0 Å². The number of H-pyrrole nitrogens is 1. The van der Waals surface area contributed by atoms with Gasteiger partial charge < -0.3 is 14.6 Å². The average Bonchev–Trinajstić information content (AvgIpc) is 2.89. The van der Waals surface area contributed by atoms with Crippen molar-refractivity contribution < 1.29 is 19.4 Å². The molecule has 1 heterocycles. The van der Waals surface area contributed by atoms with Gasteiger partial charge in [-0.15, -0.1) is 0 Å². The lowest BCUT2D eigenvalue weighted by Crippen LogP contribution is -2.08. The quantitative estimate of drug-likeness (QED) is 0.885. The molecule has 21 heavy (non-hydrogen) atoms. The van der Waals surface area contributed by atoms with Crippen LogP contribution in [0, 0.1) is 0 Å². The molecule has 0 bridgehead atoms. The second kappa shape index (κ2) is 6.05. The lowest BCUT2D eigenvalue weighted by Gasteiger charge is -2.17. The summed E-state index contributed by atoms with van der Waals surface area (Å²) in [6.07, 6.45) is -0.0864. The number of benzene rings is 1. The summed E-state index contributed by atoms with van der Waals surface area (Å²) in [5, 5.41) is 15.8. The molecular weight excluding hydrogens is 296 g/mol. The molecule has 1 aromatic heterocycles. The summed E-state index contributed by atoms with van der Waals surface area (Å²) in [6, 6.07) is 4.71. The topological polar surface area (TPSA) is 84.4 Å². The van der Waals surface area contributed by atoms with Crippen molar-refractivity contribution in [3.8, 4) is 22.8 Å². The minimum Gasteiger partial charge on any atom is -0.493 e. The molecule has 6 nitrogen and oxygen atoms in total. The summed E-state index contributed by atoms with van der Waals surface area (Å²) in [5.41, 5.74) is 0.972. The molecule has 0 aliphatic heterocycles. The van der Waals surface area contributed by atoms with Gasteiger partial charge >= 0.3 is 5.97 Å². The van der Waals surface area contributed by atoms with Gasteiger partial charge in [0, 0.05) is 16.7 Å². The summed E-state index contributed by atoms with van der Waals surface area (Å²) >= 11 is 6.07. The summed E-state index contributed by atoms with van der Waals surface area (Å²) in [4.78, 5) is 10.9. The minimum absolute atomic E-state index is 0.0144. The van der Waals surface area contributed by atoms with Gasteiger partial charge in [-0.1, -0.05) is 11.6 Å². The molecule has 2 aromatic rings. The van der Waals surface area contributed by atoms with Crippen LogP contribution in [-0.2, 0) is 0 Å². The maximum absolute atomic E-state index is 10.9. The molecule has 7 heteroatoms. The second-order valence-electron chi connectivity index (χ2n) is 4.62. The van der Waals surface area contributed by atoms with Crippen molar-refractivity contribution in [1.29, 1.82) is 0 Å². The van der Waals surface area contributed by atoms with Crippen LogP contribution < -0.4 is 9.47 Å². The third kappa shape index (κ3) is 3.28. The Morgan fingerprint density at radius 1 is 1.38 bits per heavy atom. The predicted octanol–water partition coefficient (Wildman–Crippen LogP) is 3.22. The fraction of sp³-hybridized carbons (Fsp3) is 0.286. The molecule has 0 amide bonds. The zero-order chi connectivity index (χ0) is 15.6. The van der Waals surface area contributed by atoms with E-state index in [1.807, 2.05) is 13.8 Å². The van der Waals surface area contributed by atoms with Crippen LogP contribution in [0.2, 0.25) is 5.02 Å². The van der Waals surface area contributed by atoms with Gasteiger partial charge in [0.05, 0.1) is 18.9 Å². The number of rotatable bonds is 5. The summed E-state index contributed by atoms with van der Waals surface area (Å²) in [7, 11) is 1.51. The van der Waals surface area contributed by atoms with Gasteiger partial charge in [0.25, 0.3) is 0 Å². The molecule has 2 rings (SSSR count). The first-order valence-corrected chi connectivity index (χ1v) is 6.63. The molecular formula is C14H15ClN2O4. The Kier molecular flexibility index (Phi) is 4.37. The molecule has 0 atom stereocenters. The fourth-order valence-electron chi connectivity index (χ4n) is 1.84. The molecule has 0 saturated carbocycles. The number of nitrogens with zero attached hydrogens (tertiary/aromatic N) is 1. The van der Waals surface area contributed by atoms with E-state index in [2.05, 4.69) is 10.2 Å². The Morgan fingerprint density at radius 3 is 2.62 bits per heavy atom. The van der Waals surface area contributed by atoms with E-state index in [-0.39, 0.29) is 11.8 Å². The first-order valence-electron chi connectivity index (χ1n) is 6.25. The SMILES string of the molecule is COc1cc(Cl)cc(-c2cc(C(=O)O)[nH]n2)c1OC(C)C. The third-order valence-electron chi connectivity index (χ3n) is 2.68. The maximum atomic E-state index is 10.9. The van der Waals surface area contributed by atoms with Gasteiger partial charge in [0.15, 0.2) is 11.5 Å². The normalized spacial score (nSPS) is 10.7. The van der Waals surface area contributed by atoms with Crippen LogP contribution >= 0.6 is 11.6 Å². The van der Waals surface area contributed by atoms with Crippen molar-refractivity contribution in [3.05, 3.63) is 28.9 Å². The van der Waals surface area contributed by atoms with E-state index in [1.165, 1.54) is 13.2 Å².